The van der Waals surface area contributed by atoms with Gasteiger partial charge in [0.25, 0.3) is 0 Å². The monoisotopic (exact) mass is 182 g/mol. The van der Waals surface area contributed by atoms with Crippen molar-refractivity contribution in [2.45, 2.75) is 52.1 Å². The van der Waals surface area contributed by atoms with Gasteiger partial charge >= 0.3 is 5.97 Å². The van der Waals surface area contributed by atoms with Crippen LogP contribution in [0.1, 0.15) is 46.0 Å². The van der Waals surface area contributed by atoms with Gasteiger partial charge in [0.1, 0.15) is 6.10 Å². The molecule has 0 aromatic carbocycles. The maximum Gasteiger partial charge on any atom is 0.308 e. The minimum absolute atomic E-state index is 0.0259. The summed E-state index contributed by atoms with van der Waals surface area (Å²) in [6.45, 7) is 3.78. The van der Waals surface area contributed by atoms with Gasteiger partial charge in [-0.3, -0.25) is 4.79 Å². The van der Waals surface area contributed by atoms with Crippen LogP contribution in [0.2, 0.25) is 0 Å². The Balaban J connectivity index is 1.72. The van der Waals surface area contributed by atoms with Gasteiger partial charge in [-0.2, -0.15) is 0 Å². The highest BCUT2D eigenvalue weighted by molar-refractivity contribution is 5.71. The summed E-state index contributed by atoms with van der Waals surface area (Å²) in [5, 5.41) is 0. The minimum atomic E-state index is -0.0285. The number of hydrogen-bond acceptors (Lipinski definition) is 2. The van der Waals surface area contributed by atoms with Crippen molar-refractivity contribution in [1.29, 1.82) is 0 Å². The first-order chi connectivity index (χ1) is 6.11. The molecule has 2 aliphatic carbocycles. The van der Waals surface area contributed by atoms with Crippen LogP contribution >= 0.6 is 0 Å². The van der Waals surface area contributed by atoms with Crippen LogP contribution in [-0.2, 0) is 9.53 Å². The second kappa shape index (κ2) is 3.00. The Morgan fingerprint density at radius 3 is 2.38 bits per heavy atom. The molecular weight excluding hydrogens is 164 g/mol. The molecule has 0 heterocycles. The van der Waals surface area contributed by atoms with Crippen LogP contribution in [0.15, 0.2) is 0 Å². The van der Waals surface area contributed by atoms with Crippen LogP contribution in [0, 0.1) is 11.3 Å². The second-order valence-corrected chi connectivity index (χ2v) is 4.98. The first-order valence-corrected chi connectivity index (χ1v) is 5.32. The van der Waals surface area contributed by atoms with E-state index in [0.29, 0.717) is 5.41 Å². The molecule has 0 aromatic rings. The lowest BCUT2D eigenvalue weighted by molar-refractivity contribution is -0.171. The molecule has 2 nitrogen and oxygen atoms in total. The fourth-order valence-electron chi connectivity index (χ4n) is 2.37. The summed E-state index contributed by atoms with van der Waals surface area (Å²) in [7, 11) is 0. The van der Waals surface area contributed by atoms with Crippen molar-refractivity contribution < 1.29 is 9.53 Å². The van der Waals surface area contributed by atoms with Gasteiger partial charge in [-0.25, -0.2) is 0 Å². The fourth-order valence-corrected chi connectivity index (χ4v) is 2.37. The van der Waals surface area contributed by atoms with Crippen LogP contribution in [-0.4, -0.2) is 12.1 Å². The van der Waals surface area contributed by atoms with Crippen molar-refractivity contribution in [2.75, 3.05) is 0 Å². The maximum absolute atomic E-state index is 11.2. The molecule has 0 radical (unpaired) electrons. The summed E-state index contributed by atoms with van der Waals surface area (Å²) in [6.07, 6.45) is 6.61. The van der Waals surface area contributed by atoms with Crippen LogP contribution < -0.4 is 0 Å². The van der Waals surface area contributed by atoms with Gasteiger partial charge in [-0.1, -0.05) is 20.3 Å². The molecule has 2 fully saturated rings. The highest BCUT2D eigenvalue weighted by Gasteiger charge is 2.49. The van der Waals surface area contributed by atoms with E-state index in [9.17, 15) is 4.79 Å². The summed E-state index contributed by atoms with van der Waals surface area (Å²) >= 11 is 0. The van der Waals surface area contributed by atoms with E-state index in [0.717, 1.165) is 12.8 Å². The summed E-state index contributed by atoms with van der Waals surface area (Å²) in [5.74, 6) is -0.00267. The quantitative estimate of drug-likeness (QED) is 0.613. The Kier molecular flexibility index (Phi) is 2.09. The van der Waals surface area contributed by atoms with Crippen molar-refractivity contribution in [3.05, 3.63) is 0 Å². The fraction of sp³-hybridized carbons (Fsp3) is 0.909. The largest absolute Gasteiger partial charge is 0.462 e. The van der Waals surface area contributed by atoms with Crippen molar-refractivity contribution in [3.8, 4) is 0 Å². The molecule has 2 heteroatoms. The topological polar surface area (TPSA) is 26.3 Å². The normalized spacial score (nSPS) is 25.5. The number of rotatable bonds is 2. The lowest BCUT2D eigenvalue weighted by Crippen LogP contribution is -2.47. The summed E-state index contributed by atoms with van der Waals surface area (Å²) < 4.78 is 5.34. The predicted octanol–water partition coefficient (Wildman–Crippen LogP) is 2.52. The third kappa shape index (κ3) is 1.59. The Hall–Kier alpha value is -0.530. The average molecular weight is 182 g/mol. The van der Waals surface area contributed by atoms with Crippen LogP contribution in [0.5, 0.6) is 0 Å². The second-order valence-electron chi connectivity index (χ2n) is 4.98. The van der Waals surface area contributed by atoms with Crippen LogP contribution in [0.3, 0.4) is 0 Å². The summed E-state index contributed by atoms with van der Waals surface area (Å²) in [6, 6.07) is 0. The first kappa shape index (κ1) is 9.04. The van der Waals surface area contributed by atoms with E-state index in [1.54, 1.807) is 0 Å². The molecule has 1 spiro atoms. The van der Waals surface area contributed by atoms with Crippen molar-refractivity contribution >= 4 is 5.97 Å². The van der Waals surface area contributed by atoms with E-state index in [1.165, 1.54) is 19.3 Å². The molecule has 0 aliphatic heterocycles. The molecule has 2 rings (SSSR count). The van der Waals surface area contributed by atoms with E-state index in [2.05, 4.69) is 0 Å². The van der Waals surface area contributed by atoms with E-state index in [1.807, 2.05) is 13.8 Å². The van der Waals surface area contributed by atoms with Crippen molar-refractivity contribution in [1.82, 2.24) is 0 Å². The molecular formula is C11H18O2. The SMILES string of the molecule is CC(C)C(=O)OC1CC2(CCC2)C1. The van der Waals surface area contributed by atoms with Gasteiger partial charge in [0.2, 0.25) is 0 Å². The number of carbonyl (C=O) groups is 1. The predicted molar refractivity (Wildman–Crippen MR) is 50.2 cm³/mol. The average Bonchev–Trinajstić information content (AvgIpc) is 1.90. The number of carbonyl (C=O) groups excluding carboxylic acids is 1. The Morgan fingerprint density at radius 1 is 1.38 bits per heavy atom. The van der Waals surface area contributed by atoms with Crippen molar-refractivity contribution in [3.63, 3.8) is 0 Å². The van der Waals surface area contributed by atoms with Gasteiger partial charge in [-0.15, -0.1) is 0 Å². The summed E-state index contributed by atoms with van der Waals surface area (Å²) in [4.78, 5) is 11.2. The van der Waals surface area contributed by atoms with Crippen molar-refractivity contribution in [2.24, 2.45) is 11.3 Å². The standard InChI is InChI=1S/C11H18O2/c1-8(2)10(12)13-9-6-11(7-9)4-3-5-11/h8-9H,3-7H2,1-2H3. The molecule has 0 bridgehead atoms. The van der Waals surface area contributed by atoms with E-state index in [4.69, 9.17) is 4.74 Å². The number of ether oxygens (including phenoxy) is 1. The molecule has 0 aromatic heterocycles. The highest BCUT2D eigenvalue weighted by Crippen LogP contribution is 2.56. The molecule has 0 N–H and O–H groups in total. The van der Waals surface area contributed by atoms with Crippen LogP contribution in [0.4, 0.5) is 0 Å². The van der Waals surface area contributed by atoms with E-state index < -0.39 is 0 Å². The molecule has 2 aliphatic rings. The Bertz CT molecular complexity index is 208. The van der Waals surface area contributed by atoms with Gasteiger partial charge in [0, 0.05) is 0 Å². The van der Waals surface area contributed by atoms with E-state index in [-0.39, 0.29) is 18.0 Å². The summed E-state index contributed by atoms with van der Waals surface area (Å²) in [5.41, 5.74) is 0.613. The zero-order chi connectivity index (χ0) is 9.47. The highest BCUT2D eigenvalue weighted by atomic mass is 16.5. The van der Waals surface area contributed by atoms with Crippen LogP contribution in [0.25, 0.3) is 0 Å². The third-order valence-corrected chi connectivity index (χ3v) is 3.49. The number of esters is 1. The lowest BCUT2D eigenvalue weighted by Gasteiger charge is -2.53. The third-order valence-electron chi connectivity index (χ3n) is 3.49. The molecule has 0 unspecified atom stereocenters. The lowest BCUT2D eigenvalue weighted by atomic mass is 9.55. The molecule has 2 saturated carbocycles. The molecule has 0 saturated heterocycles. The zero-order valence-electron chi connectivity index (χ0n) is 8.51. The molecule has 0 amide bonds. The van der Waals surface area contributed by atoms with E-state index >= 15 is 0 Å². The Morgan fingerprint density at radius 2 is 2.00 bits per heavy atom. The zero-order valence-corrected chi connectivity index (χ0v) is 8.51. The number of hydrogen-bond donors (Lipinski definition) is 0. The van der Waals surface area contributed by atoms with Gasteiger partial charge in [0.05, 0.1) is 5.92 Å². The first-order valence-electron chi connectivity index (χ1n) is 5.32. The van der Waals surface area contributed by atoms with Gasteiger partial charge in [0.15, 0.2) is 0 Å². The molecule has 74 valence electrons. The Labute approximate surface area is 79.7 Å². The van der Waals surface area contributed by atoms with Gasteiger partial charge < -0.3 is 4.74 Å². The maximum atomic E-state index is 11.2. The molecule has 13 heavy (non-hydrogen) atoms. The smallest absolute Gasteiger partial charge is 0.308 e. The minimum Gasteiger partial charge on any atom is -0.462 e. The van der Waals surface area contributed by atoms with Gasteiger partial charge in [-0.05, 0) is 31.1 Å². The molecule has 0 atom stereocenters.